The lowest BCUT2D eigenvalue weighted by Crippen LogP contribution is -2.20. The lowest BCUT2D eigenvalue weighted by molar-refractivity contribution is -0.0553. The van der Waals surface area contributed by atoms with Crippen LogP contribution in [0.25, 0.3) is 11.3 Å². The molecule has 2 aromatic rings. The van der Waals surface area contributed by atoms with Crippen LogP contribution in [0.1, 0.15) is 28.6 Å². The van der Waals surface area contributed by atoms with Crippen molar-refractivity contribution in [1.29, 1.82) is 0 Å². The average molecular weight is 303 g/mol. The minimum absolute atomic E-state index is 0.0673. The minimum atomic E-state index is -0.736. The first kappa shape index (κ1) is 14.4. The Labute approximate surface area is 126 Å². The van der Waals surface area contributed by atoms with Crippen molar-refractivity contribution in [1.82, 2.24) is 9.97 Å². The van der Waals surface area contributed by atoms with Crippen LogP contribution in [-0.2, 0) is 9.47 Å². The fourth-order valence-corrected chi connectivity index (χ4v) is 2.20. The Bertz CT molecular complexity index is 732. The highest BCUT2D eigenvalue weighted by molar-refractivity contribution is 5.90. The Morgan fingerprint density at radius 2 is 2.27 bits per heavy atom. The second kappa shape index (κ2) is 5.69. The van der Waals surface area contributed by atoms with E-state index in [9.17, 15) is 9.18 Å². The number of hydrogen-bond donors (Lipinski definition) is 1. The Morgan fingerprint density at radius 3 is 2.82 bits per heavy atom. The van der Waals surface area contributed by atoms with Crippen LogP contribution in [0.15, 0.2) is 24.4 Å². The van der Waals surface area contributed by atoms with Crippen LogP contribution < -0.4 is 5.73 Å². The van der Waals surface area contributed by atoms with Gasteiger partial charge in [-0.2, -0.15) is 0 Å². The topological polar surface area (TPSA) is 87.3 Å². The van der Waals surface area contributed by atoms with Gasteiger partial charge in [0.05, 0.1) is 31.2 Å². The number of esters is 1. The SMILES string of the molecule is COC(=O)c1ccc(-c2ncc(C3CCO3)nc2N)cc1F. The van der Waals surface area contributed by atoms with E-state index in [4.69, 9.17) is 10.5 Å². The van der Waals surface area contributed by atoms with Crippen LogP contribution in [0.2, 0.25) is 0 Å². The summed E-state index contributed by atoms with van der Waals surface area (Å²) in [6, 6.07) is 4.07. The number of nitrogen functional groups attached to an aromatic ring is 1. The standard InChI is InChI=1S/C15H14FN3O3/c1-21-15(20)9-3-2-8(6-10(9)16)13-14(17)19-11(7-18-13)12-4-5-22-12/h2-3,6-7,12H,4-5H2,1H3,(H2,17,19). The van der Waals surface area contributed by atoms with Crippen LogP contribution >= 0.6 is 0 Å². The number of methoxy groups -OCH3 is 1. The summed E-state index contributed by atoms with van der Waals surface area (Å²) in [6.07, 6.45) is 2.39. The number of nitrogens with two attached hydrogens (primary N) is 1. The average Bonchev–Trinajstić information content (AvgIpc) is 2.45. The summed E-state index contributed by atoms with van der Waals surface area (Å²) in [5.74, 6) is -1.24. The number of rotatable bonds is 3. The predicted molar refractivity (Wildman–Crippen MR) is 76.5 cm³/mol. The van der Waals surface area contributed by atoms with Crippen LogP contribution in [-0.4, -0.2) is 29.7 Å². The fourth-order valence-electron chi connectivity index (χ4n) is 2.20. The van der Waals surface area contributed by atoms with E-state index in [0.29, 0.717) is 23.6 Å². The second-order valence-corrected chi connectivity index (χ2v) is 4.86. The molecule has 0 amide bonds. The molecular weight excluding hydrogens is 289 g/mol. The molecule has 0 aliphatic carbocycles. The van der Waals surface area contributed by atoms with Gasteiger partial charge in [-0.15, -0.1) is 0 Å². The molecule has 1 aromatic carbocycles. The van der Waals surface area contributed by atoms with Gasteiger partial charge < -0.3 is 15.2 Å². The quantitative estimate of drug-likeness (QED) is 0.874. The molecule has 1 aliphatic heterocycles. The van der Waals surface area contributed by atoms with Gasteiger partial charge in [-0.05, 0) is 12.1 Å². The predicted octanol–water partition coefficient (Wildman–Crippen LogP) is 2.11. The maximum atomic E-state index is 14.0. The highest BCUT2D eigenvalue weighted by Gasteiger charge is 2.23. The third kappa shape index (κ3) is 2.50. The van der Waals surface area contributed by atoms with Gasteiger partial charge in [-0.1, -0.05) is 6.07 Å². The van der Waals surface area contributed by atoms with Crippen molar-refractivity contribution in [3.8, 4) is 11.3 Å². The van der Waals surface area contributed by atoms with E-state index in [1.165, 1.54) is 19.2 Å². The van der Waals surface area contributed by atoms with Gasteiger partial charge in [0, 0.05) is 12.0 Å². The maximum absolute atomic E-state index is 14.0. The zero-order chi connectivity index (χ0) is 15.7. The summed E-state index contributed by atoms with van der Waals surface area (Å²) >= 11 is 0. The molecule has 2 N–H and O–H groups in total. The summed E-state index contributed by atoms with van der Waals surface area (Å²) in [7, 11) is 1.19. The van der Waals surface area contributed by atoms with Gasteiger partial charge >= 0.3 is 5.97 Å². The molecule has 1 saturated heterocycles. The number of hydrogen-bond acceptors (Lipinski definition) is 6. The van der Waals surface area contributed by atoms with Crippen molar-refractivity contribution in [2.24, 2.45) is 0 Å². The van der Waals surface area contributed by atoms with E-state index in [0.717, 1.165) is 6.42 Å². The van der Waals surface area contributed by atoms with Crippen molar-refractivity contribution < 1.29 is 18.7 Å². The number of nitrogens with zero attached hydrogens (tertiary/aromatic N) is 2. The van der Waals surface area contributed by atoms with E-state index in [1.807, 2.05) is 0 Å². The first-order valence-electron chi connectivity index (χ1n) is 6.72. The second-order valence-electron chi connectivity index (χ2n) is 4.86. The molecule has 22 heavy (non-hydrogen) atoms. The van der Waals surface area contributed by atoms with Crippen LogP contribution in [0, 0.1) is 5.82 Å². The molecule has 6 nitrogen and oxygen atoms in total. The number of ether oxygens (including phenoxy) is 2. The molecule has 1 unspecified atom stereocenters. The van der Waals surface area contributed by atoms with E-state index >= 15 is 0 Å². The summed E-state index contributed by atoms with van der Waals surface area (Å²) in [5.41, 5.74) is 7.23. The van der Waals surface area contributed by atoms with Crippen molar-refractivity contribution in [2.75, 3.05) is 19.5 Å². The number of aromatic nitrogens is 2. The number of carbonyl (C=O) groups is 1. The summed E-state index contributed by atoms with van der Waals surface area (Å²) in [6.45, 7) is 0.703. The van der Waals surface area contributed by atoms with Crippen LogP contribution in [0.4, 0.5) is 10.2 Å². The van der Waals surface area contributed by atoms with Gasteiger partial charge in [0.1, 0.15) is 23.4 Å². The van der Waals surface area contributed by atoms with Gasteiger partial charge in [0.15, 0.2) is 0 Å². The van der Waals surface area contributed by atoms with Gasteiger partial charge in [0.25, 0.3) is 0 Å². The molecule has 114 valence electrons. The highest BCUT2D eigenvalue weighted by atomic mass is 19.1. The first-order chi connectivity index (χ1) is 10.6. The molecule has 0 radical (unpaired) electrons. The highest BCUT2D eigenvalue weighted by Crippen LogP contribution is 2.30. The Morgan fingerprint density at radius 1 is 1.50 bits per heavy atom. The molecule has 1 aromatic heterocycles. The molecule has 1 atom stereocenters. The zero-order valence-electron chi connectivity index (χ0n) is 11.9. The fraction of sp³-hybridized carbons (Fsp3) is 0.267. The van der Waals surface area contributed by atoms with Crippen molar-refractivity contribution >= 4 is 11.8 Å². The van der Waals surface area contributed by atoms with Crippen molar-refractivity contribution in [3.05, 3.63) is 41.5 Å². The van der Waals surface area contributed by atoms with Crippen LogP contribution in [0.5, 0.6) is 0 Å². The van der Waals surface area contributed by atoms with Gasteiger partial charge in [-0.3, -0.25) is 4.98 Å². The molecule has 0 bridgehead atoms. The molecule has 7 heteroatoms. The van der Waals surface area contributed by atoms with E-state index in [-0.39, 0.29) is 17.5 Å². The number of carbonyl (C=O) groups excluding carboxylic acids is 1. The Kier molecular flexibility index (Phi) is 3.72. The number of anilines is 1. The van der Waals surface area contributed by atoms with E-state index in [1.54, 1.807) is 12.3 Å². The smallest absolute Gasteiger partial charge is 0.340 e. The molecule has 2 heterocycles. The molecule has 1 aliphatic rings. The molecule has 3 rings (SSSR count). The number of benzene rings is 1. The minimum Gasteiger partial charge on any atom is -0.465 e. The molecule has 0 saturated carbocycles. The van der Waals surface area contributed by atoms with Crippen molar-refractivity contribution in [2.45, 2.75) is 12.5 Å². The third-order valence-corrected chi connectivity index (χ3v) is 3.49. The Hall–Kier alpha value is -2.54. The Balaban J connectivity index is 1.93. The largest absolute Gasteiger partial charge is 0.465 e. The summed E-state index contributed by atoms with van der Waals surface area (Å²) in [4.78, 5) is 19.9. The maximum Gasteiger partial charge on any atom is 0.340 e. The number of halogens is 1. The molecular formula is C15H14FN3O3. The summed E-state index contributed by atoms with van der Waals surface area (Å²) in [5, 5.41) is 0. The van der Waals surface area contributed by atoms with Crippen LogP contribution in [0.3, 0.4) is 0 Å². The molecule has 0 spiro atoms. The third-order valence-electron chi connectivity index (χ3n) is 3.49. The van der Waals surface area contributed by atoms with Gasteiger partial charge in [-0.25, -0.2) is 14.2 Å². The normalized spacial score (nSPS) is 16.9. The zero-order valence-corrected chi connectivity index (χ0v) is 11.9. The van der Waals surface area contributed by atoms with E-state index < -0.39 is 11.8 Å². The van der Waals surface area contributed by atoms with Crippen molar-refractivity contribution in [3.63, 3.8) is 0 Å². The van der Waals surface area contributed by atoms with E-state index in [2.05, 4.69) is 14.7 Å². The lowest BCUT2D eigenvalue weighted by atomic mass is 10.1. The summed E-state index contributed by atoms with van der Waals surface area (Å²) < 4.78 is 23.8. The molecule has 1 fully saturated rings. The monoisotopic (exact) mass is 303 g/mol. The van der Waals surface area contributed by atoms with Gasteiger partial charge in [0.2, 0.25) is 0 Å². The lowest BCUT2D eigenvalue weighted by Gasteiger charge is -2.25. The first-order valence-corrected chi connectivity index (χ1v) is 6.72.